The molecule has 0 aliphatic rings. The molecule has 1 rings (SSSR count). The number of thioether (sulfide) groups is 1. The topological polar surface area (TPSA) is 87.3 Å². The van der Waals surface area contributed by atoms with Crippen LogP contribution >= 0.6 is 11.8 Å². The molecule has 6 nitrogen and oxygen atoms in total. The minimum Gasteiger partial charge on any atom is -0.384 e. The molecule has 1 aromatic carbocycles. The zero-order valence-electron chi connectivity index (χ0n) is 12.3. The van der Waals surface area contributed by atoms with E-state index >= 15 is 0 Å². The quantitative estimate of drug-likeness (QED) is 0.634. The van der Waals surface area contributed by atoms with Gasteiger partial charge in [-0.15, -0.1) is 0 Å². The average Bonchev–Trinajstić information content (AvgIpc) is 2.49. The van der Waals surface area contributed by atoms with Crippen molar-refractivity contribution in [2.45, 2.75) is 10.4 Å². The van der Waals surface area contributed by atoms with Gasteiger partial charge >= 0.3 is 5.51 Å². The predicted molar refractivity (Wildman–Crippen MR) is 83.1 cm³/mol. The highest BCUT2D eigenvalue weighted by Crippen LogP contribution is 2.30. The smallest absolute Gasteiger partial charge is 0.384 e. The molecule has 130 valence electrons. The summed E-state index contributed by atoms with van der Waals surface area (Å²) in [5.74, 6) is -0.795. The Balaban J connectivity index is 2.97. The molecule has 0 heterocycles. The van der Waals surface area contributed by atoms with Crippen molar-refractivity contribution in [3.8, 4) is 0 Å². The molecule has 0 saturated heterocycles. The molecule has 1 aromatic rings. The van der Waals surface area contributed by atoms with Crippen LogP contribution in [0.15, 0.2) is 23.1 Å². The lowest BCUT2D eigenvalue weighted by Crippen LogP contribution is -2.23. The average molecular weight is 371 g/mol. The molecule has 0 fully saturated rings. The number of nitrogens with one attached hydrogen (secondary N) is 3. The van der Waals surface area contributed by atoms with Gasteiger partial charge < -0.3 is 10.6 Å². The number of benzene rings is 1. The molecular weight excluding hydrogens is 355 g/mol. The fourth-order valence-corrected chi connectivity index (χ4v) is 2.83. The molecule has 3 N–H and O–H groups in total. The Hall–Kier alpha value is -1.46. The molecule has 0 radical (unpaired) electrons. The fraction of sp³-hybridized carbons (Fsp3) is 0.417. The summed E-state index contributed by atoms with van der Waals surface area (Å²) >= 11 is -0.185. The number of carbonyl (C=O) groups is 1. The first-order valence-electron chi connectivity index (χ1n) is 6.35. The van der Waals surface area contributed by atoms with Crippen LogP contribution in [-0.4, -0.2) is 46.2 Å². The van der Waals surface area contributed by atoms with E-state index < -0.39 is 21.4 Å². The molecule has 0 bridgehead atoms. The van der Waals surface area contributed by atoms with Gasteiger partial charge in [0.2, 0.25) is 10.0 Å². The normalized spacial score (nSPS) is 12.0. The van der Waals surface area contributed by atoms with Gasteiger partial charge in [0.1, 0.15) is 0 Å². The van der Waals surface area contributed by atoms with Crippen molar-refractivity contribution >= 4 is 33.4 Å². The summed E-state index contributed by atoms with van der Waals surface area (Å²) in [6, 6.07) is 3.76. The SMILES string of the molecule is CNC(=O)c1cc(S(=O)(=O)NC)ccc1NCCSC(F)(F)F. The molecular formula is C12H16F3N3O3S2. The second-order valence-corrected chi connectivity index (χ2v) is 7.26. The van der Waals surface area contributed by atoms with Gasteiger partial charge in [-0.3, -0.25) is 4.79 Å². The number of carbonyl (C=O) groups excluding carboxylic acids is 1. The third-order valence-corrected chi connectivity index (χ3v) is 4.87. The maximum atomic E-state index is 12.1. The van der Waals surface area contributed by atoms with E-state index in [1.165, 1.54) is 26.2 Å². The largest absolute Gasteiger partial charge is 0.441 e. The summed E-state index contributed by atoms with van der Waals surface area (Å²) in [4.78, 5) is 11.7. The van der Waals surface area contributed by atoms with Crippen LogP contribution in [0.5, 0.6) is 0 Å². The number of hydrogen-bond donors (Lipinski definition) is 3. The molecule has 0 aliphatic heterocycles. The van der Waals surface area contributed by atoms with Gasteiger partial charge in [-0.25, -0.2) is 13.1 Å². The number of halogens is 3. The molecule has 23 heavy (non-hydrogen) atoms. The van der Waals surface area contributed by atoms with E-state index in [-0.39, 0.29) is 40.2 Å². The number of alkyl halides is 3. The van der Waals surface area contributed by atoms with Crippen LogP contribution in [0.3, 0.4) is 0 Å². The lowest BCUT2D eigenvalue weighted by atomic mass is 10.1. The first-order valence-corrected chi connectivity index (χ1v) is 8.82. The Kier molecular flexibility index (Phi) is 6.71. The fourth-order valence-electron chi connectivity index (χ4n) is 1.64. The summed E-state index contributed by atoms with van der Waals surface area (Å²) < 4.78 is 61.8. The molecule has 0 spiro atoms. The molecule has 11 heteroatoms. The minimum absolute atomic E-state index is 0.0285. The summed E-state index contributed by atoms with van der Waals surface area (Å²) in [5.41, 5.74) is -4.04. The monoisotopic (exact) mass is 371 g/mol. The highest BCUT2D eigenvalue weighted by molar-refractivity contribution is 8.00. The maximum Gasteiger partial charge on any atom is 0.441 e. The Bertz CT molecular complexity index is 663. The number of anilines is 1. The number of hydrogen-bond acceptors (Lipinski definition) is 5. The Morgan fingerprint density at radius 1 is 1.26 bits per heavy atom. The maximum absolute atomic E-state index is 12.1. The van der Waals surface area contributed by atoms with Gasteiger partial charge in [0, 0.05) is 25.0 Å². The molecule has 1 amide bonds. The Morgan fingerprint density at radius 3 is 2.43 bits per heavy atom. The van der Waals surface area contributed by atoms with Crippen molar-refractivity contribution < 1.29 is 26.4 Å². The Labute approximate surface area is 136 Å². The van der Waals surface area contributed by atoms with Crippen LogP contribution in [-0.2, 0) is 10.0 Å². The van der Waals surface area contributed by atoms with Crippen LogP contribution in [0, 0.1) is 0 Å². The summed E-state index contributed by atoms with van der Waals surface area (Å²) in [6.45, 7) is -0.0354. The summed E-state index contributed by atoms with van der Waals surface area (Å²) in [6.07, 6.45) is 0. The van der Waals surface area contributed by atoms with E-state index in [2.05, 4.69) is 15.4 Å². The standard InChI is InChI=1S/C12H16F3N3O3S2/c1-16-11(19)9-7-8(23(20,21)17-2)3-4-10(9)18-5-6-22-12(13,14)15/h3-4,7,17-18H,5-6H2,1-2H3,(H,16,19). The van der Waals surface area contributed by atoms with Gasteiger partial charge in [-0.1, -0.05) is 0 Å². The second kappa shape index (κ2) is 7.88. The van der Waals surface area contributed by atoms with E-state index in [4.69, 9.17) is 0 Å². The van der Waals surface area contributed by atoms with Crippen molar-refractivity contribution in [1.82, 2.24) is 10.0 Å². The summed E-state index contributed by atoms with van der Waals surface area (Å²) in [5, 5.41) is 5.05. The summed E-state index contributed by atoms with van der Waals surface area (Å²) in [7, 11) is -1.14. The zero-order valence-corrected chi connectivity index (χ0v) is 14.0. The molecule has 0 atom stereocenters. The van der Waals surface area contributed by atoms with Gasteiger partial charge in [-0.05, 0) is 37.0 Å². The van der Waals surface area contributed by atoms with Crippen LogP contribution in [0.25, 0.3) is 0 Å². The predicted octanol–water partition coefficient (Wildman–Crippen LogP) is 1.62. The molecule has 0 aliphatic carbocycles. The Morgan fingerprint density at radius 2 is 1.91 bits per heavy atom. The lowest BCUT2D eigenvalue weighted by Gasteiger charge is -2.13. The molecule has 0 saturated carbocycles. The second-order valence-electron chi connectivity index (χ2n) is 4.22. The number of amides is 1. The van der Waals surface area contributed by atoms with E-state index in [1.807, 2.05) is 0 Å². The lowest BCUT2D eigenvalue weighted by molar-refractivity contribution is -0.0327. The molecule has 0 unspecified atom stereocenters. The van der Waals surface area contributed by atoms with Gasteiger partial charge in [-0.2, -0.15) is 13.2 Å². The van der Waals surface area contributed by atoms with Crippen molar-refractivity contribution in [3.05, 3.63) is 23.8 Å². The van der Waals surface area contributed by atoms with E-state index in [0.29, 0.717) is 0 Å². The highest BCUT2D eigenvalue weighted by Gasteiger charge is 2.27. The van der Waals surface area contributed by atoms with Gasteiger partial charge in [0.05, 0.1) is 10.5 Å². The minimum atomic E-state index is -4.32. The van der Waals surface area contributed by atoms with Gasteiger partial charge in [0.15, 0.2) is 0 Å². The first kappa shape index (κ1) is 19.6. The third kappa shape index (κ3) is 5.92. The van der Waals surface area contributed by atoms with Crippen LogP contribution < -0.4 is 15.4 Å². The van der Waals surface area contributed by atoms with E-state index in [1.54, 1.807) is 0 Å². The zero-order chi connectivity index (χ0) is 17.7. The van der Waals surface area contributed by atoms with Crippen LogP contribution in [0.4, 0.5) is 18.9 Å². The van der Waals surface area contributed by atoms with Gasteiger partial charge in [0.25, 0.3) is 5.91 Å². The van der Waals surface area contributed by atoms with Crippen LogP contribution in [0.1, 0.15) is 10.4 Å². The van der Waals surface area contributed by atoms with Crippen LogP contribution in [0.2, 0.25) is 0 Å². The van der Waals surface area contributed by atoms with Crippen molar-refractivity contribution in [2.24, 2.45) is 0 Å². The number of sulfonamides is 1. The van der Waals surface area contributed by atoms with Crippen molar-refractivity contribution in [3.63, 3.8) is 0 Å². The number of rotatable bonds is 7. The van der Waals surface area contributed by atoms with E-state index in [0.717, 1.165) is 6.07 Å². The van der Waals surface area contributed by atoms with Crippen molar-refractivity contribution in [1.29, 1.82) is 0 Å². The molecule has 0 aromatic heterocycles. The highest BCUT2D eigenvalue weighted by atomic mass is 32.2. The van der Waals surface area contributed by atoms with Crippen molar-refractivity contribution in [2.75, 3.05) is 31.7 Å². The first-order chi connectivity index (χ1) is 10.6. The third-order valence-electron chi connectivity index (χ3n) is 2.72. The van der Waals surface area contributed by atoms with E-state index in [9.17, 15) is 26.4 Å².